The summed E-state index contributed by atoms with van der Waals surface area (Å²) in [6, 6.07) is 6.47. The third-order valence-corrected chi connectivity index (χ3v) is 4.46. The summed E-state index contributed by atoms with van der Waals surface area (Å²) in [5.41, 5.74) is 0.478. The fourth-order valence-corrected chi connectivity index (χ4v) is 3.49. The predicted octanol–water partition coefficient (Wildman–Crippen LogP) is 0.916. The van der Waals surface area contributed by atoms with Crippen molar-refractivity contribution in [2.75, 3.05) is 12.0 Å². The molecule has 0 saturated carbocycles. The molecule has 0 aliphatic carbocycles. The van der Waals surface area contributed by atoms with Crippen LogP contribution in [0, 0.1) is 11.8 Å². The molecular weight excluding hydrogens is 286 g/mol. The Hall–Kier alpha value is -2.47. The fourth-order valence-electron chi connectivity index (χ4n) is 3.49. The average molecular weight is 299 g/mol. The molecule has 2 amide bonds. The topological polar surface area (TPSA) is 72.9 Å². The minimum Gasteiger partial charge on any atom is -0.465 e. The van der Waals surface area contributed by atoms with Gasteiger partial charge in [-0.1, -0.05) is 24.3 Å². The van der Waals surface area contributed by atoms with E-state index in [2.05, 4.69) is 0 Å². The van der Waals surface area contributed by atoms with Crippen molar-refractivity contribution in [2.45, 2.75) is 12.2 Å². The van der Waals surface area contributed by atoms with Gasteiger partial charge in [0.05, 0.1) is 42.4 Å². The first kappa shape index (κ1) is 13.2. The van der Waals surface area contributed by atoms with Crippen molar-refractivity contribution in [3.8, 4) is 0 Å². The summed E-state index contributed by atoms with van der Waals surface area (Å²) in [7, 11) is 1.26. The molecule has 0 radical (unpaired) electrons. The molecule has 0 unspecified atom stereocenters. The lowest BCUT2D eigenvalue weighted by Crippen LogP contribution is -2.35. The zero-order valence-electron chi connectivity index (χ0n) is 11.8. The number of benzene rings is 1. The summed E-state index contributed by atoms with van der Waals surface area (Å²) in [5.74, 6) is -2.20. The molecule has 3 heterocycles. The van der Waals surface area contributed by atoms with Gasteiger partial charge in [-0.15, -0.1) is 0 Å². The lowest BCUT2D eigenvalue weighted by atomic mass is 9.85. The molecule has 6 heteroatoms. The first-order valence-corrected chi connectivity index (χ1v) is 7.02. The lowest BCUT2D eigenvalue weighted by molar-refractivity contribution is -0.124. The van der Waals surface area contributed by atoms with Crippen LogP contribution in [0.15, 0.2) is 36.4 Å². The Bertz CT molecular complexity index is 695. The molecule has 1 aromatic carbocycles. The van der Waals surface area contributed by atoms with E-state index in [9.17, 15) is 14.4 Å². The number of carbonyl (C=O) groups is 3. The molecule has 4 atom stereocenters. The molecule has 112 valence electrons. The number of fused-ring (bicyclic) bond motifs is 5. The van der Waals surface area contributed by atoms with Crippen molar-refractivity contribution in [2.24, 2.45) is 11.8 Å². The number of para-hydroxylation sites is 1. The summed E-state index contributed by atoms with van der Waals surface area (Å²) < 4.78 is 10.3. The molecule has 2 fully saturated rings. The van der Waals surface area contributed by atoms with E-state index in [1.165, 1.54) is 7.11 Å². The molecule has 0 spiro atoms. The lowest BCUT2D eigenvalue weighted by Gasteiger charge is -2.19. The molecular formula is C16H13NO5. The Kier molecular flexibility index (Phi) is 2.71. The third kappa shape index (κ3) is 1.55. The van der Waals surface area contributed by atoms with Gasteiger partial charge in [0.15, 0.2) is 0 Å². The predicted molar refractivity (Wildman–Crippen MR) is 75.1 cm³/mol. The molecule has 22 heavy (non-hydrogen) atoms. The average Bonchev–Trinajstić information content (AvgIpc) is 3.21. The van der Waals surface area contributed by atoms with Gasteiger partial charge in [0.25, 0.3) is 0 Å². The standard InChI is InChI=1S/C16H13NO5/c1-21-16(20)8-4-2-3-5-9(8)17-14(18)12-10-6-7-11(22-10)13(12)15(17)19/h2-7,10-13H,1H3/t10-,11-,12-,13-/m1/s1. The van der Waals surface area contributed by atoms with Crippen LogP contribution in [-0.2, 0) is 19.1 Å². The van der Waals surface area contributed by atoms with Crippen LogP contribution in [-0.4, -0.2) is 37.1 Å². The van der Waals surface area contributed by atoms with E-state index in [0.29, 0.717) is 0 Å². The maximum atomic E-state index is 12.7. The summed E-state index contributed by atoms with van der Waals surface area (Å²) in [6.45, 7) is 0. The minimum absolute atomic E-state index is 0.202. The van der Waals surface area contributed by atoms with Gasteiger partial charge in [0.2, 0.25) is 11.8 Å². The summed E-state index contributed by atoms with van der Waals surface area (Å²) in [6.07, 6.45) is 2.96. The quantitative estimate of drug-likeness (QED) is 0.461. The van der Waals surface area contributed by atoms with Crippen LogP contribution in [0.25, 0.3) is 0 Å². The molecule has 0 N–H and O–H groups in total. The van der Waals surface area contributed by atoms with Crippen molar-refractivity contribution in [3.05, 3.63) is 42.0 Å². The van der Waals surface area contributed by atoms with Crippen LogP contribution in [0.3, 0.4) is 0 Å². The van der Waals surface area contributed by atoms with E-state index in [-0.39, 0.29) is 35.3 Å². The number of methoxy groups -OCH3 is 1. The molecule has 2 saturated heterocycles. The zero-order chi connectivity index (χ0) is 15.4. The molecule has 3 aliphatic heterocycles. The van der Waals surface area contributed by atoms with E-state index >= 15 is 0 Å². The second-order valence-electron chi connectivity index (χ2n) is 5.52. The first-order chi connectivity index (χ1) is 10.6. The third-order valence-electron chi connectivity index (χ3n) is 4.46. The Morgan fingerprint density at radius 3 is 2.27 bits per heavy atom. The number of carbonyl (C=O) groups excluding carboxylic acids is 3. The summed E-state index contributed by atoms with van der Waals surface area (Å²) in [4.78, 5) is 38.4. The Morgan fingerprint density at radius 2 is 1.68 bits per heavy atom. The van der Waals surface area contributed by atoms with E-state index in [0.717, 1.165) is 4.90 Å². The second kappa shape index (κ2) is 4.51. The van der Waals surface area contributed by atoms with E-state index in [1.807, 2.05) is 12.2 Å². The number of imide groups is 1. The monoisotopic (exact) mass is 299 g/mol. The van der Waals surface area contributed by atoms with Crippen molar-refractivity contribution in [1.29, 1.82) is 0 Å². The summed E-state index contributed by atoms with van der Waals surface area (Å²) >= 11 is 0. The minimum atomic E-state index is -0.578. The van der Waals surface area contributed by atoms with Crippen LogP contribution in [0.4, 0.5) is 5.69 Å². The fraction of sp³-hybridized carbons (Fsp3) is 0.312. The Labute approximate surface area is 126 Å². The van der Waals surface area contributed by atoms with Crippen molar-refractivity contribution in [1.82, 2.24) is 0 Å². The van der Waals surface area contributed by atoms with E-state index in [4.69, 9.17) is 9.47 Å². The maximum absolute atomic E-state index is 12.7. The number of rotatable bonds is 2. The van der Waals surface area contributed by atoms with Crippen LogP contribution < -0.4 is 4.90 Å². The smallest absolute Gasteiger partial charge is 0.339 e. The molecule has 4 rings (SSSR count). The number of ether oxygens (including phenoxy) is 2. The van der Waals surface area contributed by atoms with Crippen LogP contribution in [0.1, 0.15) is 10.4 Å². The van der Waals surface area contributed by atoms with Gasteiger partial charge in [-0.3, -0.25) is 9.59 Å². The van der Waals surface area contributed by atoms with Crippen LogP contribution >= 0.6 is 0 Å². The SMILES string of the molecule is COC(=O)c1ccccc1N1C(=O)[C@H]2[C@H](C1=O)[C@H]1C=C[C@H]2O1. The van der Waals surface area contributed by atoms with Crippen LogP contribution in [0.2, 0.25) is 0 Å². The number of esters is 1. The van der Waals surface area contributed by atoms with Gasteiger partial charge in [-0.05, 0) is 12.1 Å². The molecule has 6 nitrogen and oxygen atoms in total. The largest absolute Gasteiger partial charge is 0.465 e. The highest BCUT2D eigenvalue weighted by Gasteiger charge is 2.61. The molecule has 3 aliphatic rings. The molecule has 0 aromatic heterocycles. The maximum Gasteiger partial charge on any atom is 0.339 e. The van der Waals surface area contributed by atoms with E-state index in [1.54, 1.807) is 24.3 Å². The van der Waals surface area contributed by atoms with Crippen molar-refractivity contribution in [3.63, 3.8) is 0 Å². The summed E-state index contributed by atoms with van der Waals surface area (Å²) in [5, 5.41) is 0. The van der Waals surface area contributed by atoms with Gasteiger partial charge >= 0.3 is 5.97 Å². The number of hydrogen-bond acceptors (Lipinski definition) is 5. The highest BCUT2D eigenvalue weighted by Crippen LogP contribution is 2.46. The normalized spacial score (nSPS) is 31.8. The number of hydrogen-bond donors (Lipinski definition) is 0. The van der Waals surface area contributed by atoms with Gasteiger partial charge in [-0.25, -0.2) is 9.69 Å². The Balaban J connectivity index is 1.78. The second-order valence-corrected chi connectivity index (χ2v) is 5.52. The number of amides is 2. The van der Waals surface area contributed by atoms with Gasteiger partial charge in [0, 0.05) is 0 Å². The highest BCUT2D eigenvalue weighted by atomic mass is 16.5. The van der Waals surface area contributed by atoms with E-state index < -0.39 is 17.8 Å². The van der Waals surface area contributed by atoms with Gasteiger partial charge < -0.3 is 9.47 Å². The van der Waals surface area contributed by atoms with Gasteiger partial charge in [-0.2, -0.15) is 0 Å². The van der Waals surface area contributed by atoms with Crippen molar-refractivity contribution >= 4 is 23.5 Å². The molecule has 2 bridgehead atoms. The van der Waals surface area contributed by atoms with Crippen molar-refractivity contribution < 1.29 is 23.9 Å². The first-order valence-electron chi connectivity index (χ1n) is 7.02. The van der Waals surface area contributed by atoms with Crippen LogP contribution in [0.5, 0.6) is 0 Å². The zero-order valence-corrected chi connectivity index (χ0v) is 11.8. The highest BCUT2D eigenvalue weighted by molar-refractivity contribution is 6.24. The molecule has 1 aromatic rings. The number of nitrogens with zero attached hydrogens (tertiary/aromatic N) is 1. The Morgan fingerprint density at radius 1 is 1.09 bits per heavy atom. The van der Waals surface area contributed by atoms with Gasteiger partial charge in [0.1, 0.15) is 0 Å². The number of anilines is 1.